The number of carbonyl (C=O) groups is 1. The van der Waals surface area contributed by atoms with Gasteiger partial charge in [0.05, 0.1) is 7.11 Å². The molecule has 3 aliphatic heterocycles. The lowest BCUT2D eigenvalue weighted by Gasteiger charge is -2.36. The molecule has 4 rings (SSSR count). The lowest BCUT2D eigenvalue weighted by atomic mass is 9.94. The molecule has 2 bridgehead atoms. The Morgan fingerprint density at radius 1 is 1.32 bits per heavy atom. The molecule has 3 saturated heterocycles. The van der Waals surface area contributed by atoms with Gasteiger partial charge in [-0.2, -0.15) is 0 Å². The lowest BCUT2D eigenvalue weighted by molar-refractivity contribution is -0.129. The third-order valence-corrected chi connectivity index (χ3v) is 4.91. The van der Waals surface area contributed by atoms with Gasteiger partial charge in [-0.05, 0) is 24.8 Å². The number of methoxy groups -OCH3 is 1. The molecule has 0 aliphatic carbocycles. The second-order valence-electron chi connectivity index (χ2n) is 6.41. The highest BCUT2D eigenvalue weighted by Gasteiger charge is 2.35. The molecule has 3 aliphatic rings. The second-order valence-corrected chi connectivity index (χ2v) is 6.41. The van der Waals surface area contributed by atoms with Gasteiger partial charge >= 0.3 is 0 Å². The highest BCUT2D eigenvalue weighted by Crippen LogP contribution is 2.30. The average molecular weight is 306 g/mol. The molecule has 0 radical (unpaired) electrons. The largest absolute Gasteiger partial charge is 0.497 e. The van der Waals surface area contributed by atoms with Crippen molar-refractivity contribution in [3.8, 4) is 5.75 Å². The highest BCUT2D eigenvalue weighted by atomic mass is 19.1. The molecular formula is C17H23FN2O2. The van der Waals surface area contributed by atoms with Crippen molar-refractivity contribution in [3.63, 3.8) is 0 Å². The minimum atomic E-state index is -0.220. The topological polar surface area (TPSA) is 32.8 Å². The Hall–Kier alpha value is -1.62. The first-order chi connectivity index (χ1) is 10.6. The van der Waals surface area contributed by atoms with Crippen LogP contribution in [0.4, 0.5) is 4.39 Å². The number of hydrogen-bond acceptors (Lipinski definition) is 3. The Bertz CT molecular complexity index is 564. The van der Waals surface area contributed by atoms with Crippen molar-refractivity contribution in [1.29, 1.82) is 0 Å². The molecule has 0 unspecified atom stereocenters. The Balaban J connectivity index is 1.74. The van der Waals surface area contributed by atoms with Crippen LogP contribution in [0, 0.1) is 11.7 Å². The third-order valence-electron chi connectivity index (χ3n) is 4.91. The SMILES string of the molecule is COc1ccc(CN2C[C@@H]3CC[C@H]2CN(C(C)=O)C3)c(F)c1. The van der Waals surface area contributed by atoms with Gasteiger partial charge in [0.15, 0.2) is 0 Å². The van der Waals surface area contributed by atoms with Gasteiger partial charge in [-0.1, -0.05) is 6.07 Å². The van der Waals surface area contributed by atoms with Crippen LogP contribution >= 0.6 is 0 Å². The van der Waals surface area contributed by atoms with Crippen LogP contribution < -0.4 is 4.74 Å². The number of halogens is 1. The van der Waals surface area contributed by atoms with Gasteiger partial charge in [0.2, 0.25) is 5.91 Å². The zero-order chi connectivity index (χ0) is 15.7. The number of fused-ring (bicyclic) bond motifs is 4. The summed E-state index contributed by atoms with van der Waals surface area (Å²) >= 11 is 0. The van der Waals surface area contributed by atoms with Gasteiger partial charge in [-0.25, -0.2) is 4.39 Å². The minimum Gasteiger partial charge on any atom is -0.497 e. The number of hydrogen-bond donors (Lipinski definition) is 0. The number of rotatable bonds is 3. The molecule has 3 fully saturated rings. The van der Waals surface area contributed by atoms with Gasteiger partial charge in [0, 0.05) is 50.8 Å². The predicted octanol–water partition coefficient (Wildman–Crippen LogP) is 2.28. The maximum absolute atomic E-state index is 14.2. The number of piperidine rings is 1. The summed E-state index contributed by atoms with van der Waals surface area (Å²) in [5.41, 5.74) is 0.697. The average Bonchev–Trinajstić information content (AvgIpc) is 2.81. The second kappa shape index (κ2) is 6.24. The molecule has 0 aromatic heterocycles. The Morgan fingerprint density at radius 2 is 2.14 bits per heavy atom. The maximum atomic E-state index is 14.2. The molecule has 2 atom stereocenters. The van der Waals surface area contributed by atoms with Gasteiger partial charge in [0.25, 0.3) is 0 Å². The molecule has 1 aromatic rings. The summed E-state index contributed by atoms with van der Waals surface area (Å²) in [5, 5.41) is 0. The summed E-state index contributed by atoms with van der Waals surface area (Å²) in [5.74, 6) is 0.975. The molecule has 4 nitrogen and oxygen atoms in total. The van der Waals surface area contributed by atoms with E-state index in [1.807, 2.05) is 4.90 Å². The van der Waals surface area contributed by atoms with Crippen molar-refractivity contribution >= 4 is 5.91 Å². The van der Waals surface area contributed by atoms with Crippen LogP contribution in [-0.4, -0.2) is 48.5 Å². The van der Waals surface area contributed by atoms with E-state index in [9.17, 15) is 9.18 Å². The molecule has 0 saturated carbocycles. The fourth-order valence-corrected chi connectivity index (χ4v) is 3.63. The van der Waals surface area contributed by atoms with E-state index in [4.69, 9.17) is 4.74 Å². The van der Waals surface area contributed by atoms with Crippen LogP contribution in [0.5, 0.6) is 5.75 Å². The van der Waals surface area contributed by atoms with E-state index in [1.165, 1.54) is 6.07 Å². The zero-order valence-electron chi connectivity index (χ0n) is 13.2. The highest BCUT2D eigenvalue weighted by molar-refractivity contribution is 5.73. The first kappa shape index (κ1) is 15.3. The van der Waals surface area contributed by atoms with Crippen LogP contribution in [-0.2, 0) is 11.3 Å². The number of benzene rings is 1. The summed E-state index contributed by atoms with van der Waals surface area (Å²) in [6.45, 7) is 4.79. The quantitative estimate of drug-likeness (QED) is 0.859. The van der Waals surface area contributed by atoms with Gasteiger partial charge < -0.3 is 9.64 Å². The van der Waals surface area contributed by atoms with Crippen LogP contribution in [0.2, 0.25) is 0 Å². The van der Waals surface area contributed by atoms with Crippen LogP contribution in [0.3, 0.4) is 0 Å². The molecular weight excluding hydrogens is 283 g/mol. The predicted molar refractivity (Wildman–Crippen MR) is 82.1 cm³/mol. The van der Waals surface area contributed by atoms with Crippen LogP contribution in [0.1, 0.15) is 25.3 Å². The molecule has 1 aromatic carbocycles. The molecule has 22 heavy (non-hydrogen) atoms. The smallest absolute Gasteiger partial charge is 0.219 e. The van der Waals surface area contributed by atoms with E-state index in [0.717, 1.165) is 32.5 Å². The van der Waals surface area contributed by atoms with Crippen LogP contribution in [0.15, 0.2) is 18.2 Å². The molecule has 1 amide bonds. The van der Waals surface area contributed by atoms with E-state index >= 15 is 0 Å². The summed E-state index contributed by atoms with van der Waals surface area (Å²) in [4.78, 5) is 16.0. The van der Waals surface area contributed by atoms with Crippen LogP contribution in [0.25, 0.3) is 0 Å². The first-order valence-electron chi connectivity index (χ1n) is 7.89. The summed E-state index contributed by atoms with van der Waals surface area (Å²) in [6.07, 6.45) is 2.25. The van der Waals surface area contributed by atoms with Crippen molar-refractivity contribution in [2.75, 3.05) is 26.7 Å². The van der Waals surface area contributed by atoms with Crippen molar-refractivity contribution in [2.24, 2.45) is 5.92 Å². The summed E-state index contributed by atoms with van der Waals surface area (Å²) in [6, 6.07) is 5.38. The molecule has 120 valence electrons. The molecule has 3 heterocycles. The Morgan fingerprint density at radius 3 is 2.82 bits per heavy atom. The standard InChI is InChI=1S/C17H23FN2O2/c1-12(21)19-8-13-3-5-15(11-19)20(9-13)10-14-4-6-16(22-2)7-17(14)18/h4,6-7,13,15H,3,5,8-11H2,1-2H3/t13-,15+/m1/s1. The van der Waals surface area contributed by atoms with Crippen molar-refractivity contribution in [2.45, 2.75) is 32.4 Å². The van der Waals surface area contributed by atoms with Gasteiger partial charge in [-0.3, -0.25) is 9.69 Å². The first-order valence-corrected chi connectivity index (χ1v) is 7.89. The Kier molecular flexibility index (Phi) is 4.34. The van der Waals surface area contributed by atoms with E-state index in [2.05, 4.69) is 4.90 Å². The zero-order valence-corrected chi connectivity index (χ0v) is 13.2. The maximum Gasteiger partial charge on any atom is 0.219 e. The van der Waals surface area contributed by atoms with Crippen molar-refractivity contribution in [3.05, 3.63) is 29.6 Å². The number of carbonyl (C=O) groups excluding carboxylic acids is 1. The summed E-state index contributed by atoms with van der Waals surface area (Å²) in [7, 11) is 1.54. The lowest BCUT2D eigenvalue weighted by Crippen LogP contribution is -2.43. The van der Waals surface area contributed by atoms with E-state index in [1.54, 1.807) is 26.2 Å². The summed E-state index contributed by atoms with van der Waals surface area (Å²) < 4.78 is 19.2. The number of nitrogens with zero attached hydrogens (tertiary/aromatic N) is 2. The number of amides is 1. The fourth-order valence-electron chi connectivity index (χ4n) is 3.63. The fraction of sp³-hybridized carbons (Fsp3) is 0.588. The molecule has 5 heteroatoms. The van der Waals surface area contributed by atoms with Crippen molar-refractivity contribution < 1.29 is 13.9 Å². The van der Waals surface area contributed by atoms with E-state index in [0.29, 0.717) is 29.8 Å². The monoisotopic (exact) mass is 306 g/mol. The van der Waals surface area contributed by atoms with E-state index in [-0.39, 0.29) is 11.7 Å². The molecule has 0 N–H and O–H groups in total. The third kappa shape index (κ3) is 3.09. The normalized spacial score (nSPS) is 25.1. The molecule has 0 spiro atoms. The number of ether oxygens (including phenoxy) is 1. The van der Waals surface area contributed by atoms with E-state index < -0.39 is 0 Å². The minimum absolute atomic E-state index is 0.148. The van der Waals surface area contributed by atoms with Gasteiger partial charge in [-0.15, -0.1) is 0 Å². The van der Waals surface area contributed by atoms with Crippen molar-refractivity contribution in [1.82, 2.24) is 9.80 Å². The van der Waals surface area contributed by atoms with Gasteiger partial charge in [0.1, 0.15) is 11.6 Å². The Labute approximate surface area is 130 Å².